The second kappa shape index (κ2) is 5.44. The van der Waals surface area contributed by atoms with Crippen molar-refractivity contribution in [3.63, 3.8) is 0 Å². The lowest BCUT2D eigenvalue weighted by Crippen LogP contribution is -2.49. The number of allylic oxidation sites excluding steroid dienone is 2. The van der Waals surface area contributed by atoms with Crippen LogP contribution in [0.2, 0.25) is 0 Å². The molecule has 6 atom stereocenters. The summed E-state index contributed by atoms with van der Waals surface area (Å²) in [5, 5.41) is 0. The molecular formula is C21H30O3. The average Bonchev–Trinajstić information content (AvgIpc) is 2.83. The Bertz CT molecular complexity index is 606. The van der Waals surface area contributed by atoms with Gasteiger partial charge in [0.15, 0.2) is 0 Å². The molecule has 4 rings (SSSR count). The van der Waals surface area contributed by atoms with Crippen LogP contribution in [0.4, 0.5) is 0 Å². The molecule has 0 aromatic rings. The highest BCUT2D eigenvalue weighted by Crippen LogP contribution is 2.63. The van der Waals surface area contributed by atoms with E-state index in [1.807, 2.05) is 0 Å². The van der Waals surface area contributed by atoms with Gasteiger partial charge in [-0.25, -0.2) is 0 Å². The molecular weight excluding hydrogens is 300 g/mol. The van der Waals surface area contributed by atoms with Crippen molar-refractivity contribution in [2.45, 2.75) is 78.2 Å². The lowest BCUT2D eigenvalue weighted by molar-refractivity contribution is -0.151. The number of carbonyl (C=O) groups excluding carboxylic acids is 2. The highest BCUT2D eigenvalue weighted by molar-refractivity contribution is 5.87. The van der Waals surface area contributed by atoms with Crippen LogP contribution in [0.25, 0.3) is 0 Å². The maximum Gasteiger partial charge on any atom is 0.302 e. The van der Waals surface area contributed by atoms with Gasteiger partial charge in [0.25, 0.3) is 0 Å². The Morgan fingerprint density at radius 1 is 1.17 bits per heavy atom. The number of rotatable bonds is 1. The summed E-state index contributed by atoms with van der Waals surface area (Å²) in [4.78, 5) is 23.7. The molecule has 0 heterocycles. The smallest absolute Gasteiger partial charge is 0.302 e. The summed E-state index contributed by atoms with van der Waals surface area (Å²) in [5.74, 6) is 2.15. The van der Waals surface area contributed by atoms with Crippen molar-refractivity contribution in [3.05, 3.63) is 11.6 Å². The Labute approximate surface area is 145 Å². The first-order chi connectivity index (χ1) is 11.3. The van der Waals surface area contributed by atoms with Gasteiger partial charge in [0.1, 0.15) is 11.9 Å². The van der Waals surface area contributed by atoms with Crippen molar-refractivity contribution in [1.82, 2.24) is 0 Å². The van der Waals surface area contributed by atoms with Crippen LogP contribution in [0.15, 0.2) is 11.6 Å². The fraction of sp³-hybridized carbons (Fsp3) is 0.810. The van der Waals surface area contributed by atoms with E-state index in [9.17, 15) is 9.59 Å². The van der Waals surface area contributed by atoms with Crippen LogP contribution in [0.5, 0.6) is 0 Å². The zero-order valence-electron chi connectivity index (χ0n) is 15.3. The van der Waals surface area contributed by atoms with E-state index in [1.165, 1.54) is 19.8 Å². The van der Waals surface area contributed by atoms with Gasteiger partial charge in [0.05, 0.1) is 0 Å². The number of esters is 1. The highest BCUT2D eigenvalue weighted by atomic mass is 16.5. The molecule has 0 radical (unpaired) electrons. The van der Waals surface area contributed by atoms with E-state index in [4.69, 9.17) is 4.74 Å². The van der Waals surface area contributed by atoms with Crippen LogP contribution < -0.4 is 0 Å². The molecule has 3 nitrogen and oxygen atoms in total. The minimum Gasteiger partial charge on any atom is -0.463 e. The van der Waals surface area contributed by atoms with Crippen molar-refractivity contribution in [3.8, 4) is 0 Å². The number of ketones is 1. The Hall–Kier alpha value is -1.12. The maximum atomic E-state index is 12.4. The van der Waals surface area contributed by atoms with Crippen LogP contribution in [0.3, 0.4) is 0 Å². The van der Waals surface area contributed by atoms with E-state index in [2.05, 4.69) is 19.9 Å². The molecule has 3 fully saturated rings. The topological polar surface area (TPSA) is 43.4 Å². The molecule has 2 unspecified atom stereocenters. The minimum atomic E-state index is -0.144. The van der Waals surface area contributed by atoms with E-state index < -0.39 is 0 Å². The van der Waals surface area contributed by atoms with Gasteiger partial charge in [-0.1, -0.05) is 25.5 Å². The molecule has 0 aromatic heterocycles. The zero-order valence-corrected chi connectivity index (χ0v) is 15.3. The van der Waals surface area contributed by atoms with Crippen LogP contribution in [0, 0.1) is 28.6 Å². The summed E-state index contributed by atoms with van der Waals surface area (Å²) in [7, 11) is 0. The summed E-state index contributed by atoms with van der Waals surface area (Å²) in [5.41, 5.74) is 1.82. The molecule has 132 valence electrons. The summed E-state index contributed by atoms with van der Waals surface area (Å²) in [6.07, 6.45) is 10.9. The normalized spacial score (nSPS) is 47.3. The first-order valence-electron chi connectivity index (χ1n) is 9.75. The van der Waals surface area contributed by atoms with Gasteiger partial charge < -0.3 is 4.74 Å². The first kappa shape index (κ1) is 16.4. The van der Waals surface area contributed by atoms with Crippen LogP contribution in [-0.2, 0) is 14.3 Å². The Morgan fingerprint density at radius 2 is 1.96 bits per heavy atom. The van der Waals surface area contributed by atoms with Gasteiger partial charge in [-0.15, -0.1) is 0 Å². The largest absolute Gasteiger partial charge is 0.463 e. The number of hydrogen-bond acceptors (Lipinski definition) is 3. The van der Waals surface area contributed by atoms with E-state index >= 15 is 0 Å². The third kappa shape index (κ3) is 2.23. The number of Topliss-reactive ketones (excluding diaryl/α,β-unsaturated/α-hetero) is 1. The fourth-order valence-corrected chi connectivity index (χ4v) is 6.61. The Morgan fingerprint density at radius 3 is 2.71 bits per heavy atom. The van der Waals surface area contributed by atoms with Crippen LogP contribution >= 0.6 is 0 Å². The minimum absolute atomic E-state index is 0.0910. The summed E-state index contributed by atoms with van der Waals surface area (Å²) < 4.78 is 5.52. The van der Waals surface area contributed by atoms with Crippen molar-refractivity contribution < 1.29 is 14.3 Å². The lowest BCUT2D eigenvalue weighted by Gasteiger charge is -2.56. The number of hydrogen-bond donors (Lipinski definition) is 0. The summed E-state index contributed by atoms with van der Waals surface area (Å²) in [6, 6.07) is 0. The standard InChI is InChI=1S/C21H30O3/c1-13(22)24-15-8-10-20(2)14(12-15)4-5-16-17-6-7-19(23)21(17,3)11-9-18(16)20/h9,14-17H,4-8,10-12H2,1-3H3/t14-,15-,16?,17?,20+,21+/m1/s1. The molecule has 0 spiro atoms. The Balaban J connectivity index is 1.60. The molecule has 0 N–H and O–H groups in total. The molecule has 3 saturated carbocycles. The third-order valence-electron chi connectivity index (χ3n) is 8.02. The van der Waals surface area contributed by atoms with Gasteiger partial charge in [0, 0.05) is 18.8 Å². The van der Waals surface area contributed by atoms with Crippen LogP contribution in [0.1, 0.15) is 72.1 Å². The van der Waals surface area contributed by atoms with Crippen molar-refractivity contribution in [2.75, 3.05) is 0 Å². The van der Waals surface area contributed by atoms with Gasteiger partial charge in [-0.3, -0.25) is 9.59 Å². The molecule has 0 bridgehead atoms. The lowest BCUT2D eigenvalue weighted by atomic mass is 9.49. The predicted octanol–water partition coefficient (Wildman–Crippen LogP) is 4.45. The molecule has 3 heteroatoms. The number of carbonyl (C=O) groups is 2. The molecule has 0 aliphatic heterocycles. The molecule has 24 heavy (non-hydrogen) atoms. The number of fused-ring (bicyclic) bond motifs is 5. The van der Waals surface area contributed by atoms with Gasteiger partial charge in [-0.2, -0.15) is 0 Å². The second-order valence-electron chi connectivity index (χ2n) is 9.15. The van der Waals surface area contributed by atoms with Crippen molar-refractivity contribution >= 4 is 11.8 Å². The van der Waals surface area contributed by atoms with E-state index in [1.54, 1.807) is 5.57 Å². The van der Waals surface area contributed by atoms with Crippen molar-refractivity contribution in [1.29, 1.82) is 0 Å². The first-order valence-corrected chi connectivity index (χ1v) is 9.75. The molecule has 4 aliphatic carbocycles. The fourth-order valence-electron chi connectivity index (χ4n) is 6.61. The van der Waals surface area contributed by atoms with Crippen molar-refractivity contribution in [2.24, 2.45) is 28.6 Å². The Kier molecular flexibility index (Phi) is 3.71. The molecule has 0 aromatic carbocycles. The maximum absolute atomic E-state index is 12.4. The summed E-state index contributed by atoms with van der Waals surface area (Å²) >= 11 is 0. The van der Waals surface area contributed by atoms with Crippen LogP contribution in [-0.4, -0.2) is 17.9 Å². The van der Waals surface area contributed by atoms with Gasteiger partial charge >= 0.3 is 5.97 Å². The molecule has 0 saturated heterocycles. The molecule has 4 aliphatic rings. The number of ether oxygens (including phenoxy) is 1. The average molecular weight is 330 g/mol. The third-order valence-corrected chi connectivity index (χ3v) is 8.02. The SMILES string of the molecule is CC(=O)O[C@@H]1CC[C@]2(C)C3=CC[C@]4(C)C(=O)CCC4C3CC[C@@H]2C1. The zero-order chi connectivity index (χ0) is 17.1. The predicted molar refractivity (Wildman–Crippen MR) is 92.3 cm³/mol. The molecule has 0 amide bonds. The van der Waals surface area contributed by atoms with E-state index in [0.29, 0.717) is 23.5 Å². The van der Waals surface area contributed by atoms with Gasteiger partial charge in [0.2, 0.25) is 0 Å². The van der Waals surface area contributed by atoms with E-state index in [-0.39, 0.29) is 22.9 Å². The quantitative estimate of drug-likeness (QED) is 0.527. The highest BCUT2D eigenvalue weighted by Gasteiger charge is 2.57. The van der Waals surface area contributed by atoms with E-state index in [0.717, 1.165) is 38.5 Å². The monoisotopic (exact) mass is 330 g/mol. The summed E-state index contributed by atoms with van der Waals surface area (Å²) in [6.45, 7) is 6.18. The second-order valence-corrected chi connectivity index (χ2v) is 9.15. The van der Waals surface area contributed by atoms with Gasteiger partial charge in [-0.05, 0) is 68.1 Å².